The summed E-state index contributed by atoms with van der Waals surface area (Å²) in [6.07, 6.45) is 1.81. The van der Waals surface area contributed by atoms with Crippen LogP contribution in [0.3, 0.4) is 0 Å². The largest absolute Gasteiger partial charge is 0.494 e. The second-order valence-electron chi connectivity index (χ2n) is 6.63. The van der Waals surface area contributed by atoms with E-state index in [4.69, 9.17) is 4.74 Å². The van der Waals surface area contributed by atoms with Gasteiger partial charge in [-0.3, -0.25) is 4.79 Å². The van der Waals surface area contributed by atoms with Gasteiger partial charge in [0.05, 0.1) is 23.4 Å². The van der Waals surface area contributed by atoms with E-state index in [9.17, 15) is 4.79 Å². The molecule has 0 bridgehead atoms. The fourth-order valence-corrected chi connectivity index (χ4v) is 3.84. The van der Waals surface area contributed by atoms with E-state index in [0.717, 1.165) is 41.3 Å². The summed E-state index contributed by atoms with van der Waals surface area (Å²) in [5.74, 6) is 1.31. The number of unbranched alkanes of at least 4 members (excludes halogenated alkanes) is 1. The van der Waals surface area contributed by atoms with Gasteiger partial charge in [-0.15, -0.1) is 0 Å². The van der Waals surface area contributed by atoms with Gasteiger partial charge in [-0.1, -0.05) is 41.6 Å². The molecule has 5 nitrogen and oxygen atoms in total. The number of ether oxygens (including phenoxy) is 1. The Kier molecular flexibility index (Phi) is 7.37. The van der Waals surface area contributed by atoms with Crippen LogP contribution in [0.4, 0.5) is 0 Å². The molecule has 0 unspecified atom stereocenters. The number of carbonyl (C=O) groups excluding carboxylic acids is 1. The second-order valence-corrected chi connectivity index (χ2v) is 7.58. The number of hydrogen-bond donors (Lipinski definition) is 1. The quantitative estimate of drug-likeness (QED) is 0.406. The van der Waals surface area contributed by atoms with E-state index in [1.807, 2.05) is 42.5 Å². The lowest BCUT2D eigenvalue weighted by Crippen LogP contribution is -2.26. The molecule has 1 amide bonds. The van der Waals surface area contributed by atoms with Gasteiger partial charge in [-0.25, -0.2) is 4.98 Å². The number of nitrogens with zero attached hydrogens (tertiary/aromatic N) is 2. The van der Waals surface area contributed by atoms with Crippen molar-refractivity contribution in [3.63, 3.8) is 0 Å². The lowest BCUT2D eigenvalue weighted by molar-refractivity contribution is -0.118. The lowest BCUT2D eigenvalue weighted by atomic mass is 10.2. The van der Waals surface area contributed by atoms with Gasteiger partial charge in [-0.05, 0) is 51.0 Å². The molecule has 0 saturated carbocycles. The minimum atomic E-state index is 0.0409. The van der Waals surface area contributed by atoms with Crippen LogP contribution in [0.1, 0.15) is 25.3 Å². The van der Waals surface area contributed by atoms with E-state index < -0.39 is 0 Å². The summed E-state index contributed by atoms with van der Waals surface area (Å²) in [6.45, 7) is 6.32. The normalized spacial score (nSPS) is 10.9. The van der Waals surface area contributed by atoms with Gasteiger partial charge in [0.1, 0.15) is 5.75 Å². The van der Waals surface area contributed by atoms with Crippen LogP contribution in [0.15, 0.2) is 53.7 Å². The Balaban J connectivity index is 1.34. The monoisotopic (exact) mass is 397 g/mol. The molecule has 28 heavy (non-hydrogen) atoms. The molecule has 6 heteroatoms. The predicted octanol–water partition coefficient (Wildman–Crippen LogP) is 4.43. The molecule has 1 N–H and O–H groups in total. The summed E-state index contributed by atoms with van der Waals surface area (Å²) in [5, 5.41) is 3.87. The predicted molar refractivity (Wildman–Crippen MR) is 115 cm³/mol. The molecular weight excluding hydrogens is 370 g/mol. The standard InChI is InChI=1S/C22H27N3O2S/c1-3-25-20-9-5-4-8-19(20)24-22(25)28-16-21(26)23-14-6-7-15-27-18-12-10-17(2)11-13-18/h4-5,8-13H,3,6-7,14-16H2,1-2H3,(H,23,26). The van der Waals surface area contributed by atoms with Gasteiger partial charge in [0, 0.05) is 13.1 Å². The lowest BCUT2D eigenvalue weighted by Gasteiger charge is -2.08. The maximum atomic E-state index is 12.1. The smallest absolute Gasteiger partial charge is 0.230 e. The number of thioether (sulfide) groups is 1. The third-order valence-electron chi connectivity index (χ3n) is 4.45. The Labute approximate surface area is 170 Å². The van der Waals surface area contributed by atoms with Crippen molar-refractivity contribution >= 4 is 28.7 Å². The van der Waals surface area contributed by atoms with Gasteiger partial charge >= 0.3 is 0 Å². The number of imidazole rings is 1. The highest BCUT2D eigenvalue weighted by Gasteiger charge is 2.11. The van der Waals surface area contributed by atoms with E-state index >= 15 is 0 Å². The van der Waals surface area contributed by atoms with Crippen molar-refractivity contribution in [2.75, 3.05) is 18.9 Å². The van der Waals surface area contributed by atoms with E-state index in [2.05, 4.69) is 34.8 Å². The maximum Gasteiger partial charge on any atom is 0.230 e. The molecule has 0 saturated heterocycles. The number of aromatic nitrogens is 2. The fraction of sp³-hybridized carbons (Fsp3) is 0.364. The molecule has 148 valence electrons. The van der Waals surface area contributed by atoms with Crippen molar-refractivity contribution in [3.05, 3.63) is 54.1 Å². The molecule has 0 atom stereocenters. The highest BCUT2D eigenvalue weighted by atomic mass is 32.2. The van der Waals surface area contributed by atoms with Gasteiger partial charge in [-0.2, -0.15) is 0 Å². The van der Waals surface area contributed by atoms with Crippen molar-refractivity contribution in [1.82, 2.24) is 14.9 Å². The molecule has 3 aromatic rings. The topological polar surface area (TPSA) is 56.2 Å². The summed E-state index contributed by atoms with van der Waals surface area (Å²) in [6, 6.07) is 16.1. The summed E-state index contributed by atoms with van der Waals surface area (Å²) in [7, 11) is 0. The number of benzene rings is 2. The minimum absolute atomic E-state index is 0.0409. The average Bonchev–Trinajstić information content (AvgIpc) is 3.08. The van der Waals surface area contributed by atoms with Crippen LogP contribution in [0.2, 0.25) is 0 Å². The van der Waals surface area contributed by atoms with Crippen molar-refractivity contribution in [1.29, 1.82) is 0 Å². The number of rotatable bonds is 10. The summed E-state index contributed by atoms with van der Waals surface area (Å²) < 4.78 is 7.85. The first-order valence-electron chi connectivity index (χ1n) is 9.71. The molecule has 2 aromatic carbocycles. The van der Waals surface area contributed by atoms with Crippen molar-refractivity contribution in [2.45, 2.75) is 38.4 Å². The Morgan fingerprint density at radius 2 is 1.93 bits per heavy atom. The summed E-state index contributed by atoms with van der Waals surface area (Å²) >= 11 is 1.49. The van der Waals surface area contributed by atoms with Gasteiger partial charge in [0.25, 0.3) is 0 Å². The molecule has 0 spiro atoms. The number of nitrogens with one attached hydrogen (secondary N) is 1. The first kappa shape index (κ1) is 20.3. The minimum Gasteiger partial charge on any atom is -0.494 e. The number of para-hydroxylation sites is 2. The number of aryl methyl sites for hydroxylation is 2. The average molecular weight is 398 g/mol. The zero-order valence-corrected chi connectivity index (χ0v) is 17.3. The summed E-state index contributed by atoms with van der Waals surface area (Å²) in [4.78, 5) is 16.8. The first-order chi connectivity index (χ1) is 13.7. The Morgan fingerprint density at radius 3 is 2.71 bits per heavy atom. The van der Waals surface area contributed by atoms with Crippen molar-refractivity contribution < 1.29 is 9.53 Å². The van der Waals surface area contributed by atoms with Gasteiger partial charge in [0.15, 0.2) is 5.16 Å². The molecular formula is C22H27N3O2S. The van der Waals surface area contributed by atoms with E-state index in [1.54, 1.807) is 0 Å². The highest BCUT2D eigenvalue weighted by Crippen LogP contribution is 2.23. The Morgan fingerprint density at radius 1 is 1.14 bits per heavy atom. The van der Waals surface area contributed by atoms with Gasteiger partial charge < -0.3 is 14.6 Å². The molecule has 0 aliphatic carbocycles. The van der Waals surface area contributed by atoms with Crippen LogP contribution in [0.5, 0.6) is 5.75 Å². The van der Waals surface area contributed by atoms with E-state index in [-0.39, 0.29) is 5.91 Å². The SMILES string of the molecule is CCn1c(SCC(=O)NCCCCOc2ccc(C)cc2)nc2ccccc21. The van der Waals surface area contributed by atoms with Crippen molar-refractivity contribution in [3.8, 4) is 5.75 Å². The second kappa shape index (κ2) is 10.2. The zero-order valence-electron chi connectivity index (χ0n) is 16.5. The van der Waals surface area contributed by atoms with Crippen LogP contribution >= 0.6 is 11.8 Å². The van der Waals surface area contributed by atoms with Crippen LogP contribution in [0, 0.1) is 6.92 Å². The van der Waals surface area contributed by atoms with Crippen LogP contribution < -0.4 is 10.1 Å². The van der Waals surface area contributed by atoms with E-state index in [0.29, 0.717) is 18.9 Å². The summed E-state index contributed by atoms with van der Waals surface area (Å²) in [5.41, 5.74) is 3.31. The van der Waals surface area contributed by atoms with E-state index in [1.165, 1.54) is 17.3 Å². The number of carbonyl (C=O) groups is 1. The maximum absolute atomic E-state index is 12.1. The fourth-order valence-electron chi connectivity index (χ4n) is 2.93. The third kappa shape index (κ3) is 5.52. The molecule has 3 rings (SSSR count). The van der Waals surface area contributed by atoms with Crippen molar-refractivity contribution in [2.24, 2.45) is 0 Å². The number of hydrogen-bond acceptors (Lipinski definition) is 4. The van der Waals surface area contributed by atoms with Crippen LogP contribution in [-0.4, -0.2) is 34.4 Å². The van der Waals surface area contributed by atoms with Crippen LogP contribution in [0.25, 0.3) is 11.0 Å². The molecule has 0 fully saturated rings. The van der Waals surface area contributed by atoms with Gasteiger partial charge in [0.2, 0.25) is 5.91 Å². The molecule has 0 aliphatic rings. The van der Waals surface area contributed by atoms with Crippen LogP contribution in [-0.2, 0) is 11.3 Å². The molecule has 1 heterocycles. The molecule has 0 aliphatic heterocycles. The highest BCUT2D eigenvalue weighted by molar-refractivity contribution is 7.99. The Hall–Kier alpha value is -2.47. The zero-order chi connectivity index (χ0) is 19.8. The molecule has 0 radical (unpaired) electrons. The number of fused-ring (bicyclic) bond motifs is 1. The number of amides is 1. The third-order valence-corrected chi connectivity index (χ3v) is 5.43. The first-order valence-corrected chi connectivity index (χ1v) is 10.7. The molecule has 1 aromatic heterocycles. The Bertz CT molecular complexity index is 906.